The van der Waals surface area contributed by atoms with E-state index in [9.17, 15) is 0 Å². The molecule has 0 aliphatic heterocycles. The Balaban J connectivity index is 2.17. The monoisotopic (exact) mass is 222 g/mol. The van der Waals surface area contributed by atoms with Crippen LogP contribution in [-0.4, -0.2) is 0 Å². The molecule has 0 aromatic rings. The van der Waals surface area contributed by atoms with Crippen molar-refractivity contribution in [2.75, 3.05) is 0 Å². The van der Waals surface area contributed by atoms with Gasteiger partial charge < -0.3 is 0 Å². The summed E-state index contributed by atoms with van der Waals surface area (Å²) in [4.78, 5) is 0. The van der Waals surface area contributed by atoms with Crippen molar-refractivity contribution in [1.82, 2.24) is 0 Å². The van der Waals surface area contributed by atoms with Gasteiger partial charge in [0.25, 0.3) is 0 Å². The van der Waals surface area contributed by atoms with Crippen molar-refractivity contribution in [1.29, 1.82) is 0 Å². The number of hydrogen-bond donors (Lipinski definition) is 0. The van der Waals surface area contributed by atoms with Crippen LogP contribution >= 0.6 is 0 Å². The predicted molar refractivity (Wildman–Crippen MR) is 73.5 cm³/mol. The summed E-state index contributed by atoms with van der Waals surface area (Å²) in [5, 5.41) is 0. The average molecular weight is 222 g/mol. The van der Waals surface area contributed by atoms with E-state index in [2.05, 4.69) is 39.8 Å². The number of unbranched alkanes of at least 4 members (excludes halogenated alkanes) is 1. The van der Waals surface area contributed by atoms with Crippen LogP contribution in [0.4, 0.5) is 0 Å². The Hall–Kier alpha value is -0.260. The summed E-state index contributed by atoms with van der Waals surface area (Å²) < 4.78 is 0. The Bertz CT molecular complexity index is 200. The standard InChI is InChI=1S/C16H30/c1-13(2)9-6-5-7-10-15-11-8-12-16(15)14(3)4/h6,9,13-16H,5,7-8,10-12H2,1-4H3/b9-6+. The fourth-order valence-electron chi connectivity index (χ4n) is 3.17. The highest BCUT2D eigenvalue weighted by atomic mass is 14.3. The zero-order chi connectivity index (χ0) is 12.0. The summed E-state index contributed by atoms with van der Waals surface area (Å²) in [6.07, 6.45) is 13.3. The minimum atomic E-state index is 0.717. The highest BCUT2D eigenvalue weighted by Crippen LogP contribution is 2.39. The molecule has 2 unspecified atom stereocenters. The maximum absolute atomic E-state index is 2.40. The van der Waals surface area contributed by atoms with Crippen LogP contribution in [0.2, 0.25) is 0 Å². The van der Waals surface area contributed by atoms with Gasteiger partial charge in [-0.15, -0.1) is 0 Å². The van der Waals surface area contributed by atoms with Gasteiger partial charge >= 0.3 is 0 Å². The third-order valence-electron chi connectivity index (χ3n) is 4.04. The van der Waals surface area contributed by atoms with Crippen molar-refractivity contribution in [2.45, 2.75) is 66.2 Å². The molecule has 1 rings (SSSR count). The molecule has 0 nitrogen and oxygen atoms in total. The highest BCUT2D eigenvalue weighted by molar-refractivity contribution is 4.85. The first-order valence-corrected chi connectivity index (χ1v) is 7.28. The molecule has 0 spiro atoms. The normalized spacial score (nSPS) is 26.4. The smallest absolute Gasteiger partial charge is 0.0290 e. The van der Waals surface area contributed by atoms with Gasteiger partial charge in [0.2, 0.25) is 0 Å². The molecule has 0 heteroatoms. The lowest BCUT2D eigenvalue weighted by atomic mass is 9.83. The van der Waals surface area contributed by atoms with Gasteiger partial charge in [-0.05, 0) is 49.4 Å². The molecule has 1 aliphatic carbocycles. The molecule has 1 aliphatic rings. The Morgan fingerprint density at radius 2 is 1.88 bits per heavy atom. The fraction of sp³-hybridized carbons (Fsp3) is 0.875. The van der Waals surface area contributed by atoms with E-state index in [-0.39, 0.29) is 0 Å². The summed E-state index contributed by atoms with van der Waals surface area (Å²) in [7, 11) is 0. The molecule has 1 saturated carbocycles. The topological polar surface area (TPSA) is 0 Å². The zero-order valence-electron chi connectivity index (χ0n) is 11.7. The van der Waals surface area contributed by atoms with E-state index < -0.39 is 0 Å². The van der Waals surface area contributed by atoms with Crippen LogP contribution in [-0.2, 0) is 0 Å². The highest BCUT2D eigenvalue weighted by Gasteiger charge is 2.28. The summed E-state index contributed by atoms with van der Waals surface area (Å²) in [6.45, 7) is 9.31. The maximum Gasteiger partial charge on any atom is -0.0290 e. The third-order valence-corrected chi connectivity index (χ3v) is 4.04. The van der Waals surface area contributed by atoms with E-state index in [4.69, 9.17) is 0 Å². The Kier molecular flexibility index (Phi) is 6.16. The third kappa shape index (κ3) is 4.72. The minimum absolute atomic E-state index is 0.717. The van der Waals surface area contributed by atoms with Gasteiger partial charge in [0.15, 0.2) is 0 Å². The molecule has 0 bridgehead atoms. The van der Waals surface area contributed by atoms with Gasteiger partial charge in [-0.1, -0.05) is 52.7 Å². The predicted octanol–water partition coefficient (Wildman–Crippen LogP) is 5.44. The fourth-order valence-corrected chi connectivity index (χ4v) is 3.17. The molecule has 2 atom stereocenters. The summed E-state index contributed by atoms with van der Waals surface area (Å²) in [5.41, 5.74) is 0. The van der Waals surface area contributed by atoms with Gasteiger partial charge in [-0.2, -0.15) is 0 Å². The Morgan fingerprint density at radius 1 is 1.12 bits per heavy atom. The van der Waals surface area contributed by atoms with Crippen LogP contribution in [0.5, 0.6) is 0 Å². The molecule has 0 heterocycles. The van der Waals surface area contributed by atoms with E-state index in [0.717, 1.165) is 23.7 Å². The largest absolute Gasteiger partial charge is 0.0883 e. The number of allylic oxidation sites excluding steroid dienone is 2. The van der Waals surface area contributed by atoms with E-state index in [1.165, 1.54) is 38.5 Å². The first-order chi connectivity index (χ1) is 7.61. The molecule has 16 heavy (non-hydrogen) atoms. The molecule has 0 radical (unpaired) electrons. The van der Waals surface area contributed by atoms with Crippen molar-refractivity contribution in [2.24, 2.45) is 23.7 Å². The second kappa shape index (κ2) is 7.14. The lowest BCUT2D eigenvalue weighted by Crippen LogP contribution is -2.14. The molecule has 0 aromatic carbocycles. The quantitative estimate of drug-likeness (QED) is 0.414. The van der Waals surface area contributed by atoms with Crippen molar-refractivity contribution in [3.05, 3.63) is 12.2 Å². The van der Waals surface area contributed by atoms with Gasteiger partial charge in [0.05, 0.1) is 0 Å². The molecule has 1 fully saturated rings. The maximum atomic E-state index is 2.40. The van der Waals surface area contributed by atoms with E-state index >= 15 is 0 Å². The second-order valence-corrected chi connectivity index (χ2v) is 6.20. The SMILES string of the molecule is CC(C)/C=C/CCCC1CCCC1C(C)C. The van der Waals surface area contributed by atoms with Gasteiger partial charge in [-0.3, -0.25) is 0 Å². The number of hydrogen-bond acceptors (Lipinski definition) is 0. The van der Waals surface area contributed by atoms with Crippen LogP contribution in [0.1, 0.15) is 66.2 Å². The Morgan fingerprint density at radius 3 is 2.50 bits per heavy atom. The van der Waals surface area contributed by atoms with Gasteiger partial charge in [0, 0.05) is 0 Å². The van der Waals surface area contributed by atoms with E-state index in [1.54, 1.807) is 0 Å². The molecule has 0 aromatic heterocycles. The van der Waals surface area contributed by atoms with Crippen molar-refractivity contribution in [3.63, 3.8) is 0 Å². The lowest BCUT2D eigenvalue weighted by Gasteiger charge is -2.22. The van der Waals surface area contributed by atoms with Crippen molar-refractivity contribution in [3.8, 4) is 0 Å². The van der Waals surface area contributed by atoms with Crippen LogP contribution in [0, 0.1) is 23.7 Å². The molecule has 0 saturated heterocycles. The molecule has 94 valence electrons. The zero-order valence-corrected chi connectivity index (χ0v) is 11.7. The summed E-state index contributed by atoms with van der Waals surface area (Å²) in [6, 6.07) is 0. The molecule has 0 N–H and O–H groups in total. The Labute approximate surface area is 103 Å². The van der Waals surface area contributed by atoms with Crippen LogP contribution < -0.4 is 0 Å². The molecular formula is C16H30. The molecular weight excluding hydrogens is 192 g/mol. The average Bonchev–Trinajstić information content (AvgIpc) is 2.65. The van der Waals surface area contributed by atoms with E-state index in [0.29, 0.717) is 0 Å². The van der Waals surface area contributed by atoms with E-state index in [1.807, 2.05) is 0 Å². The summed E-state index contributed by atoms with van der Waals surface area (Å²) in [5.74, 6) is 3.68. The van der Waals surface area contributed by atoms with Crippen LogP contribution in [0.3, 0.4) is 0 Å². The first-order valence-electron chi connectivity index (χ1n) is 7.28. The van der Waals surface area contributed by atoms with Crippen LogP contribution in [0.15, 0.2) is 12.2 Å². The van der Waals surface area contributed by atoms with Crippen molar-refractivity contribution >= 4 is 0 Å². The first kappa shape index (κ1) is 13.8. The molecule has 0 amide bonds. The lowest BCUT2D eigenvalue weighted by molar-refractivity contribution is 0.278. The minimum Gasteiger partial charge on any atom is -0.0883 e. The van der Waals surface area contributed by atoms with Gasteiger partial charge in [0.1, 0.15) is 0 Å². The van der Waals surface area contributed by atoms with Crippen LogP contribution in [0.25, 0.3) is 0 Å². The summed E-state index contributed by atoms with van der Waals surface area (Å²) >= 11 is 0. The van der Waals surface area contributed by atoms with Gasteiger partial charge in [-0.25, -0.2) is 0 Å². The number of rotatable bonds is 6. The van der Waals surface area contributed by atoms with Crippen molar-refractivity contribution < 1.29 is 0 Å². The second-order valence-electron chi connectivity index (χ2n) is 6.20.